The first-order valence-electron chi connectivity index (χ1n) is 8.99. The van der Waals surface area contributed by atoms with E-state index >= 15 is 0 Å². The molecule has 132 valence electrons. The van der Waals surface area contributed by atoms with Gasteiger partial charge in [0.2, 0.25) is 5.69 Å². The molecule has 0 aliphatic heterocycles. The zero-order valence-electron chi connectivity index (χ0n) is 15.9. The Morgan fingerprint density at radius 1 is 0.923 bits per heavy atom. The monoisotopic (exact) mass is 348 g/mol. The van der Waals surface area contributed by atoms with Crippen LogP contribution in [0.4, 0.5) is 4.39 Å². The largest absolute Gasteiger partial charge is 0.455 e. The molecule has 0 saturated heterocycles. The minimum absolute atomic E-state index is 0.235. The molecular weight excluding hydrogens is 325 g/mol. The fraction of sp³-hybridized carbons (Fsp3) is 0.261. The van der Waals surface area contributed by atoms with Gasteiger partial charge < -0.3 is 4.42 Å². The zero-order chi connectivity index (χ0) is 18.6. The van der Waals surface area contributed by atoms with E-state index in [0.29, 0.717) is 17.1 Å². The molecule has 0 amide bonds. The first-order chi connectivity index (χ1) is 12.4. The fourth-order valence-electron chi connectivity index (χ4n) is 3.66. The number of halogens is 1. The number of nitrogens with zero attached hydrogens (tertiary/aromatic N) is 1. The molecule has 2 aromatic heterocycles. The summed E-state index contributed by atoms with van der Waals surface area (Å²) in [5.74, 6) is 0.241. The van der Waals surface area contributed by atoms with Crippen LogP contribution in [0.25, 0.3) is 33.2 Å². The lowest BCUT2D eigenvalue weighted by molar-refractivity contribution is -0.660. The highest BCUT2D eigenvalue weighted by atomic mass is 19.1. The lowest BCUT2D eigenvalue weighted by Crippen LogP contribution is -2.31. The van der Waals surface area contributed by atoms with E-state index in [0.717, 1.165) is 33.2 Å². The third-order valence-electron chi connectivity index (χ3n) is 5.28. The highest BCUT2D eigenvalue weighted by Crippen LogP contribution is 2.38. The minimum atomic E-state index is -0.235. The standard InChI is InChI=1S/C23H23FNO/c1-13(2)16-7-11-20(25(5)12-16)21-14(3)6-8-18-17-9-10-19(24)15(4)22(17)26-23(18)21/h6-13H,1-5H3/q+1. The van der Waals surface area contributed by atoms with Crippen molar-refractivity contribution in [2.75, 3.05) is 0 Å². The van der Waals surface area contributed by atoms with Gasteiger partial charge in [0.15, 0.2) is 6.20 Å². The normalized spacial score (nSPS) is 11.8. The average Bonchev–Trinajstić information content (AvgIpc) is 2.98. The molecule has 0 radical (unpaired) electrons. The number of pyridine rings is 1. The van der Waals surface area contributed by atoms with Crippen molar-refractivity contribution in [3.63, 3.8) is 0 Å². The predicted molar refractivity (Wildman–Crippen MR) is 104 cm³/mol. The molecule has 0 saturated carbocycles. The van der Waals surface area contributed by atoms with Crippen LogP contribution in [0.1, 0.15) is 36.5 Å². The number of fused-ring (bicyclic) bond motifs is 3. The van der Waals surface area contributed by atoms with Crippen molar-refractivity contribution in [2.24, 2.45) is 7.05 Å². The second-order valence-corrected chi connectivity index (χ2v) is 7.40. The molecular formula is C23H23FNO+. The quantitative estimate of drug-likeness (QED) is 0.409. The molecule has 0 N–H and O–H groups in total. The molecule has 26 heavy (non-hydrogen) atoms. The SMILES string of the molecule is Cc1ccc2c(oc3c(C)c(F)ccc32)c1-c1ccc(C(C)C)c[n+]1C. The van der Waals surface area contributed by atoms with Gasteiger partial charge >= 0.3 is 0 Å². The van der Waals surface area contributed by atoms with Gasteiger partial charge in [0, 0.05) is 28.0 Å². The van der Waals surface area contributed by atoms with Gasteiger partial charge in [-0.25, -0.2) is 8.96 Å². The minimum Gasteiger partial charge on any atom is -0.455 e. The lowest BCUT2D eigenvalue weighted by atomic mass is 9.98. The van der Waals surface area contributed by atoms with E-state index < -0.39 is 0 Å². The number of furan rings is 1. The average molecular weight is 348 g/mol. The number of hydrogen-bond acceptors (Lipinski definition) is 1. The Morgan fingerprint density at radius 2 is 1.62 bits per heavy atom. The summed E-state index contributed by atoms with van der Waals surface area (Å²) < 4.78 is 22.4. The predicted octanol–water partition coefficient (Wildman–Crippen LogP) is 5.96. The van der Waals surface area contributed by atoms with E-state index in [9.17, 15) is 4.39 Å². The van der Waals surface area contributed by atoms with Gasteiger partial charge in [0.1, 0.15) is 24.0 Å². The van der Waals surface area contributed by atoms with Crippen molar-refractivity contribution in [3.8, 4) is 11.3 Å². The summed E-state index contributed by atoms with van der Waals surface area (Å²) in [5.41, 5.74) is 6.61. The van der Waals surface area contributed by atoms with Crippen LogP contribution in [0, 0.1) is 19.7 Å². The zero-order valence-corrected chi connectivity index (χ0v) is 15.9. The first kappa shape index (κ1) is 16.8. The molecule has 0 spiro atoms. The molecule has 0 aliphatic rings. The molecule has 3 heteroatoms. The van der Waals surface area contributed by atoms with Gasteiger partial charge in [-0.2, -0.15) is 0 Å². The van der Waals surface area contributed by atoms with Crippen LogP contribution in [-0.2, 0) is 7.05 Å². The maximum Gasteiger partial charge on any atom is 0.216 e. The number of aromatic nitrogens is 1. The number of aryl methyl sites for hydroxylation is 3. The van der Waals surface area contributed by atoms with Crippen molar-refractivity contribution in [3.05, 3.63) is 65.1 Å². The summed E-state index contributed by atoms with van der Waals surface area (Å²) in [6.07, 6.45) is 2.17. The van der Waals surface area contributed by atoms with Gasteiger partial charge in [-0.3, -0.25) is 0 Å². The first-order valence-corrected chi connectivity index (χ1v) is 8.99. The summed E-state index contributed by atoms with van der Waals surface area (Å²) in [4.78, 5) is 0. The third-order valence-corrected chi connectivity index (χ3v) is 5.28. The van der Waals surface area contributed by atoms with E-state index in [4.69, 9.17) is 4.42 Å². The van der Waals surface area contributed by atoms with Gasteiger partial charge in [-0.1, -0.05) is 26.0 Å². The highest BCUT2D eigenvalue weighted by molar-refractivity contribution is 6.10. The van der Waals surface area contributed by atoms with Gasteiger partial charge in [0.05, 0.1) is 5.56 Å². The third kappa shape index (κ3) is 2.42. The maximum atomic E-state index is 14.0. The van der Waals surface area contributed by atoms with E-state index in [1.54, 1.807) is 6.92 Å². The Bertz CT molecular complexity index is 1150. The van der Waals surface area contributed by atoms with Crippen LogP contribution in [0.15, 0.2) is 47.0 Å². The van der Waals surface area contributed by atoms with Crippen molar-refractivity contribution in [1.82, 2.24) is 0 Å². The van der Waals surface area contributed by atoms with Crippen molar-refractivity contribution >= 4 is 21.9 Å². The summed E-state index contributed by atoms with van der Waals surface area (Å²) in [6.45, 7) is 8.24. The Kier molecular flexibility index (Phi) is 3.83. The van der Waals surface area contributed by atoms with Crippen molar-refractivity contribution in [2.45, 2.75) is 33.6 Å². The Hall–Kier alpha value is -2.68. The van der Waals surface area contributed by atoms with E-state index in [2.05, 4.69) is 62.8 Å². The highest BCUT2D eigenvalue weighted by Gasteiger charge is 2.22. The number of benzene rings is 2. The van der Waals surface area contributed by atoms with Gasteiger partial charge in [-0.15, -0.1) is 0 Å². The van der Waals surface area contributed by atoms with Crippen molar-refractivity contribution < 1.29 is 13.4 Å². The van der Waals surface area contributed by atoms with Gasteiger partial charge in [0.25, 0.3) is 0 Å². The Labute approximate surface area is 152 Å². The Morgan fingerprint density at radius 3 is 2.31 bits per heavy atom. The van der Waals surface area contributed by atoms with Gasteiger partial charge in [-0.05, 0) is 43.5 Å². The lowest BCUT2D eigenvalue weighted by Gasteiger charge is -2.08. The van der Waals surface area contributed by atoms with Crippen LogP contribution in [0.5, 0.6) is 0 Å². The second kappa shape index (κ2) is 5.94. The van der Waals surface area contributed by atoms with Crippen LogP contribution < -0.4 is 4.57 Å². The maximum absolute atomic E-state index is 14.0. The van der Waals surface area contributed by atoms with Crippen LogP contribution >= 0.6 is 0 Å². The van der Waals surface area contributed by atoms with E-state index in [1.165, 1.54) is 11.6 Å². The van der Waals surface area contributed by atoms with E-state index in [1.807, 2.05) is 6.07 Å². The smallest absolute Gasteiger partial charge is 0.216 e. The molecule has 0 bridgehead atoms. The fourth-order valence-corrected chi connectivity index (χ4v) is 3.66. The van der Waals surface area contributed by atoms with Crippen LogP contribution in [0.2, 0.25) is 0 Å². The van der Waals surface area contributed by atoms with Crippen LogP contribution in [0.3, 0.4) is 0 Å². The molecule has 2 heterocycles. The molecule has 4 rings (SSSR count). The summed E-state index contributed by atoms with van der Waals surface area (Å²) in [5, 5.41) is 1.98. The molecule has 0 aliphatic carbocycles. The summed E-state index contributed by atoms with van der Waals surface area (Å²) in [6, 6.07) is 11.8. The van der Waals surface area contributed by atoms with Crippen molar-refractivity contribution in [1.29, 1.82) is 0 Å². The second-order valence-electron chi connectivity index (χ2n) is 7.40. The molecule has 2 nitrogen and oxygen atoms in total. The number of rotatable bonds is 2. The topological polar surface area (TPSA) is 17.0 Å². The molecule has 2 aromatic carbocycles. The summed E-state index contributed by atoms with van der Waals surface area (Å²) >= 11 is 0. The van der Waals surface area contributed by atoms with E-state index in [-0.39, 0.29) is 5.82 Å². The molecule has 0 atom stereocenters. The molecule has 0 fully saturated rings. The summed E-state index contributed by atoms with van der Waals surface area (Å²) in [7, 11) is 2.06. The number of hydrogen-bond donors (Lipinski definition) is 0. The molecule has 4 aromatic rings. The Balaban J connectivity index is 2.07. The van der Waals surface area contributed by atoms with Crippen LogP contribution in [-0.4, -0.2) is 0 Å². The molecule has 0 unspecified atom stereocenters.